The van der Waals surface area contributed by atoms with Crippen LogP contribution in [0.25, 0.3) is 27.9 Å². The number of carbonyl (C=O) groups excluding carboxylic acids is 2. The van der Waals surface area contributed by atoms with E-state index in [1.165, 1.54) is 0 Å². The predicted molar refractivity (Wildman–Crippen MR) is 152 cm³/mol. The Morgan fingerprint density at radius 2 is 1.59 bits per heavy atom. The van der Waals surface area contributed by atoms with E-state index in [4.69, 9.17) is 31.0 Å². The van der Waals surface area contributed by atoms with Crippen LogP contribution < -0.4 is 0 Å². The Labute approximate surface area is 233 Å². The van der Waals surface area contributed by atoms with Crippen molar-refractivity contribution in [1.29, 1.82) is 0 Å². The molecular weight excluding hydrogens is 516 g/mol. The zero-order valence-electron chi connectivity index (χ0n) is 23.1. The van der Waals surface area contributed by atoms with Crippen LogP contribution in [0.4, 0.5) is 9.59 Å². The molecule has 2 heterocycles. The van der Waals surface area contributed by atoms with Crippen molar-refractivity contribution in [2.75, 3.05) is 6.54 Å². The zero-order chi connectivity index (χ0) is 28.4. The average molecular weight is 549 g/mol. The minimum Gasteiger partial charge on any atom is -0.443 e. The van der Waals surface area contributed by atoms with E-state index < -0.39 is 23.4 Å². The van der Waals surface area contributed by atoms with Gasteiger partial charge in [0.25, 0.3) is 0 Å². The van der Waals surface area contributed by atoms with Gasteiger partial charge in [0.05, 0.1) is 16.9 Å². The van der Waals surface area contributed by atoms with E-state index in [-0.39, 0.29) is 17.6 Å². The molecule has 4 rings (SSSR count). The lowest BCUT2D eigenvalue weighted by Gasteiger charge is -2.30. The summed E-state index contributed by atoms with van der Waals surface area (Å²) >= 11 is 6.35. The van der Waals surface area contributed by atoms with Crippen LogP contribution in [0, 0.1) is 5.92 Å². The molecule has 0 saturated carbocycles. The van der Waals surface area contributed by atoms with Crippen molar-refractivity contribution in [1.82, 2.24) is 19.9 Å². The fourth-order valence-corrected chi connectivity index (χ4v) is 4.21. The Morgan fingerprint density at radius 3 is 2.15 bits per heavy atom. The number of amides is 2. The summed E-state index contributed by atoms with van der Waals surface area (Å²) in [6, 6.07) is 11.6. The lowest BCUT2D eigenvalue weighted by atomic mass is 9.93. The van der Waals surface area contributed by atoms with Gasteiger partial charge in [-0.1, -0.05) is 60.2 Å². The molecule has 0 bridgehead atoms. The number of carbonyl (C=O) groups is 2. The van der Waals surface area contributed by atoms with E-state index in [0.29, 0.717) is 23.1 Å². The third-order valence-corrected chi connectivity index (χ3v) is 5.97. The molecule has 1 aliphatic carbocycles. The van der Waals surface area contributed by atoms with Crippen molar-refractivity contribution < 1.29 is 19.1 Å². The summed E-state index contributed by atoms with van der Waals surface area (Å²) in [6.07, 6.45) is 6.61. The van der Waals surface area contributed by atoms with Crippen LogP contribution in [0.3, 0.4) is 0 Å². The van der Waals surface area contributed by atoms with Gasteiger partial charge in [-0.2, -0.15) is 0 Å². The Hall–Kier alpha value is -3.78. The minimum atomic E-state index is -0.758. The first kappa shape index (κ1) is 28.2. The molecule has 0 N–H and O–H groups in total. The number of allylic oxidation sites excluding steroid dienone is 3. The molecule has 3 aromatic rings. The summed E-state index contributed by atoms with van der Waals surface area (Å²) in [5, 5.41) is 0.282. The van der Waals surface area contributed by atoms with Gasteiger partial charge in [0.2, 0.25) is 0 Å². The SMILES string of the molecule is CC(C)(C)OC(=O)N(CC1C=CC(c2nc3c(Cl)nccc3nc2-c2ccccc2)=CC1)C(=O)OC(C)(C)C. The molecule has 0 spiro atoms. The van der Waals surface area contributed by atoms with Gasteiger partial charge in [0, 0.05) is 18.3 Å². The Kier molecular flexibility index (Phi) is 8.07. The molecule has 39 heavy (non-hydrogen) atoms. The normalized spacial score (nSPS) is 15.6. The van der Waals surface area contributed by atoms with Crippen LogP contribution in [0.15, 0.2) is 60.8 Å². The molecule has 0 radical (unpaired) electrons. The van der Waals surface area contributed by atoms with Gasteiger partial charge in [-0.25, -0.2) is 29.4 Å². The highest BCUT2D eigenvalue weighted by Crippen LogP contribution is 2.33. The quantitative estimate of drug-likeness (QED) is 0.312. The van der Waals surface area contributed by atoms with Crippen LogP contribution in [0.2, 0.25) is 5.15 Å². The second-order valence-electron chi connectivity index (χ2n) is 11.3. The summed E-state index contributed by atoms with van der Waals surface area (Å²) in [5.41, 5.74) is 2.84. The minimum absolute atomic E-state index is 0.106. The lowest BCUT2D eigenvalue weighted by Crippen LogP contribution is -2.45. The first-order chi connectivity index (χ1) is 18.3. The van der Waals surface area contributed by atoms with Crippen LogP contribution in [0.5, 0.6) is 0 Å². The fraction of sp³-hybridized carbons (Fsp3) is 0.367. The number of aromatic nitrogens is 3. The highest BCUT2D eigenvalue weighted by molar-refractivity contribution is 6.33. The smallest absolute Gasteiger partial charge is 0.419 e. The molecule has 2 aromatic heterocycles. The Balaban J connectivity index is 1.63. The summed E-state index contributed by atoms with van der Waals surface area (Å²) in [7, 11) is 0. The number of fused-ring (bicyclic) bond motifs is 1. The van der Waals surface area contributed by atoms with Crippen molar-refractivity contribution in [3.8, 4) is 11.3 Å². The van der Waals surface area contributed by atoms with Gasteiger partial charge in [-0.3, -0.25) is 0 Å². The van der Waals surface area contributed by atoms with E-state index in [1.54, 1.807) is 53.8 Å². The predicted octanol–water partition coefficient (Wildman–Crippen LogP) is 7.48. The fourth-order valence-electron chi connectivity index (χ4n) is 4.02. The van der Waals surface area contributed by atoms with E-state index in [9.17, 15) is 9.59 Å². The first-order valence-electron chi connectivity index (χ1n) is 12.8. The van der Waals surface area contributed by atoms with Crippen LogP contribution in [-0.4, -0.2) is 49.8 Å². The van der Waals surface area contributed by atoms with E-state index >= 15 is 0 Å². The lowest BCUT2D eigenvalue weighted by molar-refractivity contribution is -0.000314. The molecule has 1 aliphatic rings. The highest BCUT2D eigenvalue weighted by Gasteiger charge is 2.33. The maximum atomic E-state index is 12.9. The molecule has 0 saturated heterocycles. The standard InChI is InChI=1S/C30H33ClN4O4/c1-29(2,3)38-27(36)35(28(37)39-30(4,5)6)18-19-12-14-21(15-13-19)24-23(20-10-8-7-9-11-20)33-22-16-17-32-26(31)25(22)34-24/h7-12,14-17,19H,13,18H2,1-6H3. The maximum Gasteiger partial charge on any atom is 0.419 e. The summed E-state index contributed by atoms with van der Waals surface area (Å²) in [6.45, 7) is 10.6. The summed E-state index contributed by atoms with van der Waals surface area (Å²) in [5.74, 6) is -0.146. The van der Waals surface area contributed by atoms with E-state index in [2.05, 4.69) is 4.98 Å². The zero-order valence-corrected chi connectivity index (χ0v) is 23.8. The number of imide groups is 1. The number of hydrogen-bond donors (Lipinski definition) is 0. The second-order valence-corrected chi connectivity index (χ2v) is 11.7. The van der Waals surface area contributed by atoms with Gasteiger partial charge in [-0.15, -0.1) is 0 Å². The number of hydrogen-bond acceptors (Lipinski definition) is 7. The Bertz CT molecular complexity index is 1410. The number of rotatable bonds is 4. The molecule has 0 aliphatic heterocycles. The first-order valence-corrected chi connectivity index (χ1v) is 13.2. The van der Waals surface area contributed by atoms with Crippen molar-refractivity contribution in [3.63, 3.8) is 0 Å². The van der Waals surface area contributed by atoms with Crippen molar-refractivity contribution >= 4 is 40.4 Å². The van der Waals surface area contributed by atoms with Gasteiger partial charge in [-0.05, 0) is 65.5 Å². The molecule has 1 unspecified atom stereocenters. The molecule has 2 amide bonds. The molecular formula is C30H33ClN4O4. The number of nitrogens with zero attached hydrogens (tertiary/aromatic N) is 4. The maximum absolute atomic E-state index is 12.9. The molecule has 1 atom stereocenters. The third-order valence-electron chi connectivity index (χ3n) is 5.69. The molecule has 9 heteroatoms. The number of halogens is 1. The van der Waals surface area contributed by atoms with E-state index in [1.807, 2.05) is 48.6 Å². The molecule has 1 aromatic carbocycles. The summed E-state index contributed by atoms with van der Waals surface area (Å²) < 4.78 is 11.0. The monoisotopic (exact) mass is 548 g/mol. The van der Waals surface area contributed by atoms with Gasteiger partial charge in [0.1, 0.15) is 16.7 Å². The number of ether oxygens (including phenoxy) is 2. The Morgan fingerprint density at radius 1 is 0.949 bits per heavy atom. The second kappa shape index (κ2) is 11.1. The molecule has 204 valence electrons. The third kappa shape index (κ3) is 7.20. The van der Waals surface area contributed by atoms with Gasteiger partial charge in [0.15, 0.2) is 5.15 Å². The topological polar surface area (TPSA) is 94.5 Å². The molecule has 8 nitrogen and oxygen atoms in total. The van der Waals surface area contributed by atoms with Crippen molar-refractivity contribution in [2.45, 2.75) is 59.2 Å². The summed E-state index contributed by atoms with van der Waals surface area (Å²) in [4.78, 5) is 40.8. The average Bonchev–Trinajstić information content (AvgIpc) is 2.85. The van der Waals surface area contributed by atoms with Crippen LogP contribution in [0.1, 0.15) is 53.7 Å². The highest BCUT2D eigenvalue weighted by atomic mass is 35.5. The largest absolute Gasteiger partial charge is 0.443 e. The number of benzene rings is 1. The van der Waals surface area contributed by atoms with Crippen molar-refractivity contribution in [2.24, 2.45) is 5.92 Å². The van der Waals surface area contributed by atoms with E-state index in [0.717, 1.165) is 21.7 Å². The van der Waals surface area contributed by atoms with Crippen molar-refractivity contribution in [3.05, 3.63) is 71.7 Å². The van der Waals surface area contributed by atoms with Crippen LogP contribution >= 0.6 is 11.6 Å². The van der Waals surface area contributed by atoms with Gasteiger partial charge < -0.3 is 9.47 Å². The number of pyridine rings is 1. The molecule has 0 fully saturated rings. The van der Waals surface area contributed by atoms with Crippen LogP contribution in [-0.2, 0) is 9.47 Å². The van der Waals surface area contributed by atoms with Gasteiger partial charge >= 0.3 is 12.2 Å².